The van der Waals surface area contributed by atoms with Crippen LogP contribution >= 0.6 is 0 Å². The van der Waals surface area contributed by atoms with Gasteiger partial charge in [0.1, 0.15) is 5.75 Å². The second-order valence-electron chi connectivity index (χ2n) is 12.3. The minimum atomic E-state index is -3.89. The van der Waals surface area contributed by atoms with Gasteiger partial charge in [0.25, 0.3) is 0 Å². The molecule has 1 aliphatic carbocycles. The van der Waals surface area contributed by atoms with Crippen molar-refractivity contribution in [3.63, 3.8) is 0 Å². The number of amides is 1. The Morgan fingerprint density at radius 2 is 1.80 bits per heavy atom. The third-order valence-electron chi connectivity index (χ3n) is 9.49. The number of ether oxygens (including phenoxy) is 2. The van der Waals surface area contributed by atoms with E-state index in [-0.39, 0.29) is 23.3 Å². The van der Waals surface area contributed by atoms with Crippen molar-refractivity contribution in [1.82, 2.24) is 19.1 Å². The number of sulfonamides is 1. The molecule has 1 N–H and O–H groups in total. The number of rotatable bonds is 8. The molecular formula is C35H40N4O5S. The van der Waals surface area contributed by atoms with E-state index in [2.05, 4.69) is 33.0 Å². The molecule has 2 atom stereocenters. The molecule has 0 radical (unpaired) electrons. The van der Waals surface area contributed by atoms with E-state index in [0.29, 0.717) is 13.1 Å². The summed E-state index contributed by atoms with van der Waals surface area (Å²) in [6.45, 7) is 5.19. The van der Waals surface area contributed by atoms with E-state index in [1.807, 2.05) is 42.6 Å². The maximum absolute atomic E-state index is 14.2. The number of nitrogens with one attached hydrogen (secondary N) is 1. The zero-order chi connectivity index (χ0) is 31.0. The van der Waals surface area contributed by atoms with Crippen molar-refractivity contribution < 1.29 is 22.7 Å². The lowest BCUT2D eigenvalue weighted by Crippen LogP contribution is -2.44. The van der Waals surface area contributed by atoms with Gasteiger partial charge in [-0.2, -0.15) is 4.31 Å². The number of hydrogen-bond acceptors (Lipinski definition) is 6. The van der Waals surface area contributed by atoms with Crippen LogP contribution in [0, 0.1) is 0 Å². The van der Waals surface area contributed by atoms with Crippen LogP contribution in [0.2, 0.25) is 0 Å². The number of nitrogens with zero attached hydrogens (tertiary/aromatic N) is 3. The summed E-state index contributed by atoms with van der Waals surface area (Å²) >= 11 is 0. The number of aryl methyl sites for hydroxylation is 1. The van der Waals surface area contributed by atoms with Crippen LogP contribution in [0.25, 0.3) is 10.8 Å². The van der Waals surface area contributed by atoms with Gasteiger partial charge in [-0.15, -0.1) is 0 Å². The summed E-state index contributed by atoms with van der Waals surface area (Å²) < 4.78 is 42.7. The maximum atomic E-state index is 14.2. The van der Waals surface area contributed by atoms with Crippen molar-refractivity contribution in [2.45, 2.75) is 55.8 Å². The summed E-state index contributed by atoms with van der Waals surface area (Å²) in [6.07, 6.45) is 4.87. The molecular weight excluding hydrogens is 588 g/mol. The summed E-state index contributed by atoms with van der Waals surface area (Å²) in [4.78, 5) is 16.4. The fourth-order valence-corrected chi connectivity index (χ4v) is 8.75. The van der Waals surface area contributed by atoms with E-state index in [9.17, 15) is 13.2 Å². The Balaban J connectivity index is 1.10. The van der Waals surface area contributed by atoms with Gasteiger partial charge in [-0.05, 0) is 83.1 Å². The highest BCUT2D eigenvalue weighted by atomic mass is 32.2. The number of carbonyl (C=O) groups is 1. The zero-order valence-electron chi connectivity index (χ0n) is 25.7. The van der Waals surface area contributed by atoms with Gasteiger partial charge in [0.15, 0.2) is 0 Å². The number of benzene rings is 3. The summed E-state index contributed by atoms with van der Waals surface area (Å²) in [5.74, 6) is 0.575. The average Bonchev–Trinajstić information content (AvgIpc) is 3.54. The standard InChI is InChI=1S/C35H40N4O5S/c1-43-29-10-8-27-22-30(11-9-26(27)21-29)45(41,42)39-15-14-38-13-3-6-33(38)34(39)23-35(40)36-32-5-2-4-28-20-25(7-12-31(28)32)24-37-16-18-44-19-17-37/h3,6-13,20-22,32,34H,2,4-5,14-19,23-24H2,1H3,(H,36,40). The highest BCUT2D eigenvalue weighted by Gasteiger charge is 2.38. The molecule has 236 valence electrons. The number of morpholine rings is 1. The molecule has 9 nitrogen and oxygen atoms in total. The van der Waals surface area contributed by atoms with Gasteiger partial charge in [0, 0.05) is 51.0 Å². The van der Waals surface area contributed by atoms with Crippen molar-refractivity contribution in [1.29, 1.82) is 0 Å². The van der Waals surface area contributed by atoms with Gasteiger partial charge in [-0.1, -0.05) is 30.3 Å². The van der Waals surface area contributed by atoms with Gasteiger partial charge in [0.2, 0.25) is 15.9 Å². The van der Waals surface area contributed by atoms with Crippen LogP contribution < -0.4 is 10.1 Å². The monoisotopic (exact) mass is 628 g/mol. The second kappa shape index (κ2) is 12.6. The first-order valence-electron chi connectivity index (χ1n) is 15.8. The number of hydrogen-bond donors (Lipinski definition) is 1. The normalized spacial score (nSPS) is 20.8. The van der Waals surface area contributed by atoms with Crippen LogP contribution in [0.5, 0.6) is 5.75 Å². The van der Waals surface area contributed by atoms with Crippen molar-refractivity contribution in [3.8, 4) is 5.75 Å². The Bertz CT molecular complexity index is 1810. The van der Waals surface area contributed by atoms with Gasteiger partial charge >= 0.3 is 0 Å². The van der Waals surface area contributed by atoms with E-state index >= 15 is 0 Å². The van der Waals surface area contributed by atoms with Crippen LogP contribution in [0.1, 0.15) is 53.7 Å². The van der Waals surface area contributed by atoms with E-state index in [1.54, 1.807) is 19.2 Å². The molecule has 7 rings (SSSR count). The molecule has 10 heteroatoms. The molecule has 1 aromatic heterocycles. The fraction of sp³-hybridized carbons (Fsp3) is 0.400. The van der Waals surface area contributed by atoms with Gasteiger partial charge in [-0.25, -0.2) is 8.42 Å². The summed E-state index contributed by atoms with van der Waals surface area (Å²) in [6, 6.07) is 20.6. The minimum absolute atomic E-state index is 0.0506. The smallest absolute Gasteiger partial charge is 0.243 e. The fourth-order valence-electron chi connectivity index (χ4n) is 7.12. The highest BCUT2D eigenvalue weighted by Crippen LogP contribution is 2.36. The molecule has 3 aromatic carbocycles. The molecule has 1 amide bonds. The summed E-state index contributed by atoms with van der Waals surface area (Å²) in [5, 5.41) is 5.00. The van der Waals surface area contributed by atoms with Crippen molar-refractivity contribution in [2.24, 2.45) is 0 Å². The van der Waals surface area contributed by atoms with Crippen molar-refractivity contribution in [3.05, 3.63) is 95.3 Å². The largest absolute Gasteiger partial charge is 0.497 e. The molecule has 45 heavy (non-hydrogen) atoms. The predicted molar refractivity (Wildman–Crippen MR) is 173 cm³/mol. The van der Waals surface area contributed by atoms with Crippen LogP contribution in [0.4, 0.5) is 0 Å². The van der Waals surface area contributed by atoms with Crippen LogP contribution in [0.3, 0.4) is 0 Å². The number of aromatic nitrogens is 1. The van der Waals surface area contributed by atoms with Crippen LogP contribution in [0.15, 0.2) is 77.8 Å². The predicted octanol–water partition coefficient (Wildman–Crippen LogP) is 4.81. The average molecular weight is 629 g/mol. The number of methoxy groups -OCH3 is 1. The molecule has 3 heterocycles. The first-order valence-corrected chi connectivity index (χ1v) is 17.3. The van der Waals surface area contributed by atoms with Crippen molar-refractivity contribution in [2.75, 3.05) is 40.0 Å². The molecule has 4 aromatic rings. The highest BCUT2D eigenvalue weighted by molar-refractivity contribution is 7.89. The quantitative estimate of drug-likeness (QED) is 0.301. The maximum Gasteiger partial charge on any atom is 0.243 e. The lowest BCUT2D eigenvalue weighted by molar-refractivity contribution is -0.123. The van der Waals surface area contributed by atoms with Crippen LogP contribution in [-0.2, 0) is 39.1 Å². The zero-order valence-corrected chi connectivity index (χ0v) is 26.5. The lowest BCUT2D eigenvalue weighted by Gasteiger charge is -2.36. The Kier molecular flexibility index (Phi) is 8.39. The van der Waals surface area contributed by atoms with E-state index in [0.717, 1.165) is 74.3 Å². The molecule has 3 aliphatic rings. The molecule has 1 fully saturated rings. The van der Waals surface area contributed by atoms with Crippen LogP contribution in [-0.4, -0.2) is 68.1 Å². The van der Waals surface area contributed by atoms with E-state index in [1.165, 1.54) is 21.0 Å². The minimum Gasteiger partial charge on any atom is -0.497 e. The first-order chi connectivity index (χ1) is 21.9. The molecule has 2 aliphatic heterocycles. The Labute approximate surface area is 264 Å². The third kappa shape index (κ3) is 6.12. The summed E-state index contributed by atoms with van der Waals surface area (Å²) in [5.41, 5.74) is 4.59. The Morgan fingerprint density at radius 3 is 2.64 bits per heavy atom. The first kappa shape index (κ1) is 30.0. The Hall–Kier alpha value is -3.70. The molecule has 0 spiro atoms. The lowest BCUT2D eigenvalue weighted by atomic mass is 9.86. The molecule has 0 saturated carbocycles. The molecule has 1 saturated heterocycles. The summed E-state index contributed by atoms with van der Waals surface area (Å²) in [7, 11) is -2.28. The SMILES string of the molecule is COc1ccc2cc(S(=O)(=O)N3CCn4cccc4C3CC(=O)NC3CCCc4cc(CN5CCOCC5)ccc43)ccc2c1. The van der Waals surface area contributed by atoms with Gasteiger partial charge in [-0.3, -0.25) is 9.69 Å². The number of carbonyl (C=O) groups excluding carboxylic acids is 1. The van der Waals surface area contributed by atoms with Gasteiger partial charge < -0.3 is 19.4 Å². The van der Waals surface area contributed by atoms with Crippen molar-refractivity contribution >= 4 is 26.7 Å². The Morgan fingerprint density at radius 1 is 0.978 bits per heavy atom. The topological polar surface area (TPSA) is 93.1 Å². The van der Waals surface area contributed by atoms with Gasteiger partial charge in [0.05, 0.1) is 37.3 Å². The van der Waals surface area contributed by atoms with E-state index < -0.39 is 16.1 Å². The number of fused-ring (bicyclic) bond motifs is 3. The molecule has 0 bridgehead atoms. The van der Waals surface area contributed by atoms with E-state index in [4.69, 9.17) is 9.47 Å². The third-order valence-corrected chi connectivity index (χ3v) is 11.4. The second-order valence-corrected chi connectivity index (χ2v) is 14.2. The molecule has 2 unspecified atom stereocenters.